The summed E-state index contributed by atoms with van der Waals surface area (Å²) in [5.74, 6) is -1.77. The molecule has 0 radical (unpaired) electrons. The van der Waals surface area contributed by atoms with Gasteiger partial charge in [-0.05, 0) is 25.0 Å². The molecule has 1 heterocycles. The van der Waals surface area contributed by atoms with Gasteiger partial charge in [-0.1, -0.05) is 18.2 Å². The van der Waals surface area contributed by atoms with Crippen molar-refractivity contribution in [2.45, 2.75) is 12.8 Å². The third-order valence-corrected chi connectivity index (χ3v) is 3.41. The summed E-state index contributed by atoms with van der Waals surface area (Å²) >= 11 is 0. The molecule has 0 atom stereocenters. The third-order valence-electron chi connectivity index (χ3n) is 3.41. The number of hydrogen-bond donors (Lipinski definition) is 2. The second-order valence-electron chi connectivity index (χ2n) is 4.79. The number of hydrogen-bond acceptors (Lipinski definition) is 3. The number of anilines is 1. The predicted molar refractivity (Wildman–Crippen MR) is 73.6 cm³/mol. The molecule has 3 N–H and O–H groups in total. The Labute approximate surface area is 116 Å². The molecule has 1 aromatic carbocycles. The molecule has 3 amide bonds. The molecule has 1 aliphatic heterocycles. The number of carbonyl (C=O) groups is 3. The molecule has 106 valence electrons. The van der Waals surface area contributed by atoms with Gasteiger partial charge in [-0.2, -0.15) is 0 Å². The number of benzene rings is 1. The van der Waals surface area contributed by atoms with Gasteiger partial charge in [0.1, 0.15) is 0 Å². The zero-order chi connectivity index (χ0) is 14.5. The second-order valence-corrected chi connectivity index (χ2v) is 4.79. The summed E-state index contributed by atoms with van der Waals surface area (Å²) in [6.07, 6.45) is 1.03. The van der Waals surface area contributed by atoms with Gasteiger partial charge in [-0.25, -0.2) is 0 Å². The highest BCUT2D eigenvalue weighted by molar-refractivity contribution is 6.39. The fourth-order valence-corrected chi connectivity index (χ4v) is 2.22. The van der Waals surface area contributed by atoms with Crippen LogP contribution in [-0.4, -0.2) is 35.7 Å². The monoisotopic (exact) mass is 275 g/mol. The highest BCUT2D eigenvalue weighted by Gasteiger charge is 2.29. The van der Waals surface area contributed by atoms with Gasteiger partial charge in [-0.3, -0.25) is 14.4 Å². The lowest BCUT2D eigenvalue weighted by atomic mass is 9.96. The van der Waals surface area contributed by atoms with Crippen LogP contribution in [0.3, 0.4) is 0 Å². The Bertz CT molecular complexity index is 508. The topological polar surface area (TPSA) is 92.5 Å². The van der Waals surface area contributed by atoms with Gasteiger partial charge < -0.3 is 16.0 Å². The summed E-state index contributed by atoms with van der Waals surface area (Å²) < 4.78 is 0. The number of amides is 3. The molecule has 2 rings (SSSR count). The van der Waals surface area contributed by atoms with Crippen molar-refractivity contribution in [2.24, 2.45) is 11.7 Å². The average Bonchev–Trinajstić information content (AvgIpc) is 2.47. The summed E-state index contributed by atoms with van der Waals surface area (Å²) in [5.41, 5.74) is 5.81. The van der Waals surface area contributed by atoms with E-state index in [0.29, 0.717) is 31.6 Å². The van der Waals surface area contributed by atoms with Crippen molar-refractivity contribution in [2.75, 3.05) is 18.4 Å². The number of carbonyl (C=O) groups excluding carboxylic acids is 3. The number of primary amides is 1. The maximum Gasteiger partial charge on any atom is 0.313 e. The van der Waals surface area contributed by atoms with Crippen molar-refractivity contribution in [3.63, 3.8) is 0 Å². The molecule has 6 heteroatoms. The first-order valence-corrected chi connectivity index (χ1v) is 6.52. The van der Waals surface area contributed by atoms with E-state index in [1.807, 2.05) is 6.07 Å². The minimum absolute atomic E-state index is 0.198. The summed E-state index contributed by atoms with van der Waals surface area (Å²) in [5, 5.41) is 2.55. The van der Waals surface area contributed by atoms with Crippen LogP contribution in [0, 0.1) is 5.92 Å². The fourth-order valence-electron chi connectivity index (χ4n) is 2.22. The van der Waals surface area contributed by atoms with E-state index in [-0.39, 0.29) is 11.8 Å². The van der Waals surface area contributed by atoms with Crippen LogP contribution in [-0.2, 0) is 14.4 Å². The molecular weight excluding hydrogens is 258 g/mol. The minimum atomic E-state index is -0.659. The molecule has 1 fully saturated rings. The average molecular weight is 275 g/mol. The molecule has 6 nitrogen and oxygen atoms in total. The van der Waals surface area contributed by atoms with E-state index < -0.39 is 11.8 Å². The molecule has 0 bridgehead atoms. The van der Waals surface area contributed by atoms with Crippen LogP contribution in [0.15, 0.2) is 30.3 Å². The summed E-state index contributed by atoms with van der Waals surface area (Å²) in [4.78, 5) is 36.3. The lowest BCUT2D eigenvalue weighted by Crippen LogP contribution is -2.46. The van der Waals surface area contributed by atoms with E-state index in [0.717, 1.165) is 0 Å². The Balaban J connectivity index is 1.89. The molecule has 1 aliphatic rings. The number of para-hydroxylation sites is 1. The number of nitrogens with one attached hydrogen (secondary N) is 1. The van der Waals surface area contributed by atoms with Gasteiger partial charge in [-0.15, -0.1) is 0 Å². The molecule has 0 saturated carbocycles. The van der Waals surface area contributed by atoms with Crippen molar-refractivity contribution in [3.8, 4) is 0 Å². The number of piperidine rings is 1. The third kappa shape index (κ3) is 3.34. The molecule has 0 aromatic heterocycles. The number of likely N-dealkylation sites (tertiary alicyclic amines) is 1. The minimum Gasteiger partial charge on any atom is -0.369 e. The lowest BCUT2D eigenvalue weighted by molar-refractivity contribution is -0.144. The standard InChI is InChI=1S/C14H17N3O3/c15-12(18)10-6-8-17(9-7-10)14(20)13(19)16-11-4-2-1-3-5-11/h1-5,10H,6-9H2,(H2,15,18)(H,16,19). The van der Waals surface area contributed by atoms with Crippen molar-refractivity contribution < 1.29 is 14.4 Å². The van der Waals surface area contributed by atoms with Gasteiger partial charge in [0.25, 0.3) is 0 Å². The molecule has 1 saturated heterocycles. The van der Waals surface area contributed by atoms with Gasteiger partial charge in [0.05, 0.1) is 0 Å². The highest BCUT2D eigenvalue weighted by atomic mass is 16.2. The van der Waals surface area contributed by atoms with Crippen molar-refractivity contribution in [1.29, 1.82) is 0 Å². The van der Waals surface area contributed by atoms with Crippen LogP contribution < -0.4 is 11.1 Å². The predicted octanol–water partition coefficient (Wildman–Crippen LogP) is 0.349. The van der Waals surface area contributed by atoms with E-state index in [4.69, 9.17) is 5.73 Å². The number of rotatable bonds is 2. The smallest absolute Gasteiger partial charge is 0.313 e. The molecule has 20 heavy (non-hydrogen) atoms. The Morgan fingerprint density at radius 2 is 1.70 bits per heavy atom. The van der Waals surface area contributed by atoms with Gasteiger partial charge in [0.2, 0.25) is 5.91 Å². The fraction of sp³-hybridized carbons (Fsp3) is 0.357. The van der Waals surface area contributed by atoms with Crippen LogP contribution in [0.5, 0.6) is 0 Å². The van der Waals surface area contributed by atoms with E-state index >= 15 is 0 Å². The highest BCUT2D eigenvalue weighted by Crippen LogP contribution is 2.17. The summed E-state index contributed by atoms with van der Waals surface area (Å²) in [7, 11) is 0. The first kappa shape index (κ1) is 14.0. The van der Waals surface area contributed by atoms with Crippen LogP contribution in [0.25, 0.3) is 0 Å². The maximum absolute atomic E-state index is 12.0. The van der Waals surface area contributed by atoms with E-state index in [9.17, 15) is 14.4 Å². The molecule has 1 aromatic rings. The second kappa shape index (κ2) is 6.18. The Hall–Kier alpha value is -2.37. The Morgan fingerprint density at radius 1 is 1.10 bits per heavy atom. The largest absolute Gasteiger partial charge is 0.369 e. The normalized spacial score (nSPS) is 15.7. The zero-order valence-electron chi connectivity index (χ0n) is 11.0. The zero-order valence-corrected chi connectivity index (χ0v) is 11.0. The first-order valence-electron chi connectivity index (χ1n) is 6.52. The maximum atomic E-state index is 12.0. The molecular formula is C14H17N3O3. The summed E-state index contributed by atoms with van der Waals surface area (Å²) in [6.45, 7) is 0.767. The van der Waals surface area contributed by atoms with Gasteiger partial charge in [0, 0.05) is 24.7 Å². The van der Waals surface area contributed by atoms with Crippen LogP contribution in [0.2, 0.25) is 0 Å². The van der Waals surface area contributed by atoms with E-state index in [1.54, 1.807) is 24.3 Å². The van der Waals surface area contributed by atoms with Gasteiger partial charge >= 0.3 is 11.8 Å². The first-order chi connectivity index (χ1) is 9.58. The lowest BCUT2D eigenvalue weighted by Gasteiger charge is -2.29. The van der Waals surface area contributed by atoms with Crippen LogP contribution in [0.4, 0.5) is 5.69 Å². The van der Waals surface area contributed by atoms with E-state index in [2.05, 4.69) is 5.32 Å². The molecule has 0 unspecified atom stereocenters. The molecule has 0 aliphatic carbocycles. The SMILES string of the molecule is NC(=O)C1CCN(C(=O)C(=O)Nc2ccccc2)CC1. The van der Waals surface area contributed by atoms with Crippen LogP contribution in [0.1, 0.15) is 12.8 Å². The Kier molecular flexibility index (Phi) is 4.34. The summed E-state index contributed by atoms with van der Waals surface area (Å²) in [6, 6.07) is 8.80. The van der Waals surface area contributed by atoms with Crippen LogP contribution >= 0.6 is 0 Å². The number of nitrogens with zero attached hydrogens (tertiary/aromatic N) is 1. The quantitative estimate of drug-likeness (QED) is 0.763. The number of nitrogens with two attached hydrogens (primary N) is 1. The van der Waals surface area contributed by atoms with Crippen molar-refractivity contribution in [3.05, 3.63) is 30.3 Å². The molecule has 0 spiro atoms. The van der Waals surface area contributed by atoms with E-state index in [1.165, 1.54) is 4.90 Å². The van der Waals surface area contributed by atoms with Crippen molar-refractivity contribution >= 4 is 23.4 Å². The Morgan fingerprint density at radius 3 is 2.25 bits per heavy atom. The van der Waals surface area contributed by atoms with Gasteiger partial charge in [0.15, 0.2) is 0 Å². The van der Waals surface area contributed by atoms with Crippen molar-refractivity contribution in [1.82, 2.24) is 4.90 Å².